The number of hydrazine groups is 1. The molecule has 1 fully saturated rings. The molecule has 0 saturated carbocycles. The Bertz CT molecular complexity index is 1090. The molecule has 0 aliphatic carbocycles. The summed E-state index contributed by atoms with van der Waals surface area (Å²) in [6.07, 6.45) is 2.58. The molecule has 7 nitrogen and oxygen atoms in total. The van der Waals surface area contributed by atoms with Crippen LogP contribution in [0.5, 0.6) is 0 Å². The Balaban J connectivity index is 1.28. The van der Waals surface area contributed by atoms with E-state index in [0.29, 0.717) is 37.1 Å². The number of halogens is 1. The lowest BCUT2D eigenvalue weighted by atomic mass is 9.95. The molecule has 8 heteroatoms. The molecule has 2 aromatic carbocycles. The van der Waals surface area contributed by atoms with Crippen LogP contribution in [0.15, 0.2) is 54.7 Å². The number of carbonyl (C=O) groups is 3. The fourth-order valence-corrected chi connectivity index (χ4v) is 3.67. The summed E-state index contributed by atoms with van der Waals surface area (Å²) in [6, 6.07) is 12.8. The lowest BCUT2D eigenvalue weighted by molar-refractivity contribution is -0.127. The summed E-state index contributed by atoms with van der Waals surface area (Å²) in [4.78, 5) is 42.0. The van der Waals surface area contributed by atoms with Crippen molar-refractivity contribution in [1.29, 1.82) is 0 Å². The number of rotatable bonds is 3. The van der Waals surface area contributed by atoms with Gasteiger partial charge < -0.3 is 9.88 Å². The molecule has 4 rings (SSSR count). The van der Waals surface area contributed by atoms with E-state index >= 15 is 0 Å². The smallest absolute Gasteiger partial charge is 0.271 e. The predicted molar refractivity (Wildman–Crippen MR) is 109 cm³/mol. The number of amides is 3. The second-order valence-corrected chi connectivity index (χ2v) is 7.26. The fraction of sp³-hybridized carbons (Fsp3) is 0.227. The van der Waals surface area contributed by atoms with Gasteiger partial charge in [-0.3, -0.25) is 25.2 Å². The predicted octanol–water partition coefficient (Wildman–Crippen LogP) is 2.62. The number of para-hydroxylation sites is 1. The van der Waals surface area contributed by atoms with Crippen molar-refractivity contribution in [2.24, 2.45) is 5.92 Å². The maximum atomic E-state index is 13.0. The van der Waals surface area contributed by atoms with Gasteiger partial charge in [-0.15, -0.1) is 0 Å². The van der Waals surface area contributed by atoms with E-state index in [-0.39, 0.29) is 17.7 Å². The van der Waals surface area contributed by atoms with Crippen LogP contribution >= 0.6 is 0 Å². The molecule has 3 N–H and O–H groups in total. The van der Waals surface area contributed by atoms with Gasteiger partial charge in [0.2, 0.25) is 5.91 Å². The van der Waals surface area contributed by atoms with Crippen LogP contribution < -0.4 is 10.9 Å². The third-order valence-corrected chi connectivity index (χ3v) is 5.38. The van der Waals surface area contributed by atoms with Gasteiger partial charge in [0, 0.05) is 41.7 Å². The van der Waals surface area contributed by atoms with Crippen molar-refractivity contribution in [1.82, 2.24) is 20.7 Å². The van der Waals surface area contributed by atoms with E-state index < -0.39 is 11.7 Å². The van der Waals surface area contributed by atoms with Crippen LogP contribution in [0.1, 0.15) is 33.6 Å². The minimum absolute atomic E-state index is 0.179. The average Bonchev–Trinajstić information content (AvgIpc) is 3.22. The lowest BCUT2D eigenvalue weighted by Gasteiger charge is -2.31. The van der Waals surface area contributed by atoms with Crippen molar-refractivity contribution < 1.29 is 18.8 Å². The first-order valence-corrected chi connectivity index (χ1v) is 9.74. The molecule has 1 aliphatic heterocycles. The summed E-state index contributed by atoms with van der Waals surface area (Å²) < 4.78 is 13.0. The van der Waals surface area contributed by atoms with Gasteiger partial charge in [-0.25, -0.2) is 4.39 Å². The van der Waals surface area contributed by atoms with Crippen LogP contribution in [0, 0.1) is 11.7 Å². The number of aromatic nitrogens is 1. The van der Waals surface area contributed by atoms with Crippen molar-refractivity contribution >= 4 is 28.6 Å². The van der Waals surface area contributed by atoms with Crippen LogP contribution in [-0.2, 0) is 4.79 Å². The minimum atomic E-state index is -0.398. The fourth-order valence-electron chi connectivity index (χ4n) is 3.67. The minimum Gasteiger partial charge on any atom is -0.360 e. The number of benzene rings is 2. The Morgan fingerprint density at radius 2 is 1.67 bits per heavy atom. The Morgan fingerprint density at radius 3 is 2.40 bits per heavy atom. The molecule has 1 aliphatic rings. The van der Waals surface area contributed by atoms with Gasteiger partial charge in [0.25, 0.3) is 11.8 Å². The number of nitrogens with one attached hydrogen (secondary N) is 3. The van der Waals surface area contributed by atoms with E-state index in [2.05, 4.69) is 15.8 Å². The summed E-state index contributed by atoms with van der Waals surface area (Å²) in [5, 5.41) is 0.775. The third-order valence-electron chi connectivity index (χ3n) is 5.38. The molecule has 2 heterocycles. The molecule has 0 radical (unpaired) electrons. The van der Waals surface area contributed by atoms with Gasteiger partial charge in [0.15, 0.2) is 0 Å². The van der Waals surface area contributed by atoms with Crippen LogP contribution in [0.4, 0.5) is 4.39 Å². The molecular formula is C22H21FN4O3. The number of H-pyrrole nitrogens is 1. The quantitative estimate of drug-likeness (QED) is 0.582. The van der Waals surface area contributed by atoms with E-state index in [0.717, 1.165) is 10.9 Å². The average molecular weight is 408 g/mol. The number of fused-ring (bicyclic) bond motifs is 1. The zero-order chi connectivity index (χ0) is 21.1. The standard InChI is InChI=1S/C22H21FN4O3/c23-16-7-5-15(6-8-16)22(30)27-11-9-14(10-12-27)20(28)25-26-21(29)18-13-24-19-4-2-1-3-17(18)19/h1-8,13-14,24H,9-12H2,(H,25,28)(H,26,29). The van der Waals surface area contributed by atoms with Crippen molar-refractivity contribution in [2.45, 2.75) is 12.8 Å². The zero-order valence-electron chi connectivity index (χ0n) is 16.2. The van der Waals surface area contributed by atoms with Crippen LogP contribution in [0.2, 0.25) is 0 Å². The first-order chi connectivity index (χ1) is 14.5. The maximum absolute atomic E-state index is 13.0. The van der Waals surface area contributed by atoms with Gasteiger partial charge in [-0.2, -0.15) is 0 Å². The monoisotopic (exact) mass is 408 g/mol. The second-order valence-electron chi connectivity index (χ2n) is 7.26. The molecule has 0 unspecified atom stereocenters. The van der Waals surface area contributed by atoms with Crippen LogP contribution in [-0.4, -0.2) is 40.7 Å². The second kappa shape index (κ2) is 8.36. The SMILES string of the molecule is O=C(NNC(=O)C1CCN(C(=O)c2ccc(F)cc2)CC1)c1c[nH]c2ccccc12. The third kappa shape index (κ3) is 4.03. The van der Waals surface area contributed by atoms with Crippen molar-refractivity contribution in [2.75, 3.05) is 13.1 Å². The van der Waals surface area contributed by atoms with E-state index in [4.69, 9.17) is 0 Å². The van der Waals surface area contributed by atoms with Gasteiger partial charge in [0.05, 0.1) is 5.56 Å². The maximum Gasteiger partial charge on any atom is 0.271 e. The van der Waals surface area contributed by atoms with E-state index in [1.54, 1.807) is 11.1 Å². The molecule has 30 heavy (non-hydrogen) atoms. The molecule has 0 bridgehead atoms. The summed E-state index contributed by atoms with van der Waals surface area (Å²) >= 11 is 0. The number of hydrogen-bond donors (Lipinski definition) is 3. The molecule has 1 aromatic heterocycles. The highest BCUT2D eigenvalue weighted by molar-refractivity contribution is 6.07. The van der Waals surface area contributed by atoms with Crippen LogP contribution in [0.25, 0.3) is 10.9 Å². The van der Waals surface area contributed by atoms with Gasteiger partial charge in [-0.1, -0.05) is 18.2 Å². The molecule has 1 saturated heterocycles. The first-order valence-electron chi connectivity index (χ1n) is 9.74. The zero-order valence-corrected chi connectivity index (χ0v) is 16.2. The Labute approximate surface area is 172 Å². The lowest BCUT2D eigenvalue weighted by Crippen LogP contribution is -2.48. The number of aromatic amines is 1. The number of piperidine rings is 1. The normalized spacial score (nSPS) is 14.5. The molecule has 3 aromatic rings. The van der Waals surface area contributed by atoms with E-state index in [9.17, 15) is 18.8 Å². The number of nitrogens with zero attached hydrogens (tertiary/aromatic N) is 1. The highest BCUT2D eigenvalue weighted by atomic mass is 19.1. The number of likely N-dealkylation sites (tertiary alicyclic amines) is 1. The summed E-state index contributed by atoms with van der Waals surface area (Å²) in [6.45, 7) is 0.843. The molecule has 154 valence electrons. The largest absolute Gasteiger partial charge is 0.360 e. The molecular weight excluding hydrogens is 387 g/mol. The topological polar surface area (TPSA) is 94.3 Å². The highest BCUT2D eigenvalue weighted by Gasteiger charge is 2.28. The number of hydrogen-bond acceptors (Lipinski definition) is 3. The van der Waals surface area contributed by atoms with E-state index in [1.165, 1.54) is 24.3 Å². The van der Waals surface area contributed by atoms with Crippen LogP contribution in [0.3, 0.4) is 0 Å². The van der Waals surface area contributed by atoms with Crippen molar-refractivity contribution in [3.63, 3.8) is 0 Å². The Morgan fingerprint density at radius 1 is 0.967 bits per heavy atom. The van der Waals surface area contributed by atoms with E-state index in [1.807, 2.05) is 24.3 Å². The van der Waals surface area contributed by atoms with Crippen molar-refractivity contribution in [3.8, 4) is 0 Å². The molecule has 0 atom stereocenters. The van der Waals surface area contributed by atoms with Crippen molar-refractivity contribution in [3.05, 3.63) is 71.7 Å². The Hall–Kier alpha value is -3.68. The number of carbonyl (C=O) groups excluding carboxylic acids is 3. The Kier molecular flexibility index (Phi) is 5.47. The molecule has 0 spiro atoms. The van der Waals surface area contributed by atoms with Gasteiger partial charge in [-0.05, 0) is 43.2 Å². The molecule has 3 amide bonds. The highest BCUT2D eigenvalue weighted by Crippen LogP contribution is 2.20. The van der Waals surface area contributed by atoms with Gasteiger partial charge >= 0.3 is 0 Å². The summed E-state index contributed by atoms with van der Waals surface area (Å²) in [5.41, 5.74) is 6.67. The first kappa shape index (κ1) is 19.6. The van der Waals surface area contributed by atoms with Gasteiger partial charge in [0.1, 0.15) is 5.82 Å². The summed E-state index contributed by atoms with van der Waals surface area (Å²) in [7, 11) is 0. The summed E-state index contributed by atoms with van der Waals surface area (Å²) in [5.74, 6) is -1.55.